The van der Waals surface area contributed by atoms with Crippen molar-refractivity contribution in [3.63, 3.8) is 0 Å². The van der Waals surface area contributed by atoms with E-state index in [4.69, 9.17) is 0 Å². The number of benzene rings is 3. The summed E-state index contributed by atoms with van der Waals surface area (Å²) < 4.78 is 0.909. The molecule has 1 heterocycles. The third kappa shape index (κ3) is 3.57. The van der Waals surface area contributed by atoms with Gasteiger partial charge in [-0.2, -0.15) is 4.73 Å². The highest BCUT2D eigenvalue weighted by atomic mass is 16.6. The maximum absolute atomic E-state index is 10.9. The van der Waals surface area contributed by atoms with Crippen LogP contribution in [0.25, 0.3) is 22.4 Å². The van der Waals surface area contributed by atoms with Gasteiger partial charge in [0.05, 0.1) is 10.4 Å². The Labute approximate surface area is 161 Å². The Kier molecular flexibility index (Phi) is 4.76. The largest absolute Gasteiger partial charge is 0.426 e. The molecule has 0 radical (unpaired) electrons. The number of hydrogen-bond acceptors (Lipinski definition) is 4. The van der Waals surface area contributed by atoms with E-state index >= 15 is 0 Å². The molecule has 6 nitrogen and oxygen atoms in total. The van der Waals surface area contributed by atoms with Crippen LogP contribution < -0.4 is 0 Å². The zero-order valence-electron chi connectivity index (χ0n) is 15.2. The number of hydrogen-bond donors (Lipinski definition) is 1. The number of nitro benzene ring substituents is 1. The number of aryl methyl sites for hydroxylation is 2. The van der Waals surface area contributed by atoms with Crippen molar-refractivity contribution < 1.29 is 10.1 Å². The van der Waals surface area contributed by atoms with Gasteiger partial charge < -0.3 is 5.21 Å². The minimum absolute atomic E-state index is 0.0805. The summed E-state index contributed by atoms with van der Waals surface area (Å²) in [6.07, 6.45) is 3.07. The third-order valence-corrected chi connectivity index (χ3v) is 4.81. The van der Waals surface area contributed by atoms with Gasteiger partial charge in [-0.05, 0) is 36.5 Å². The minimum Gasteiger partial charge on any atom is -0.426 e. The van der Waals surface area contributed by atoms with Crippen molar-refractivity contribution in [1.82, 2.24) is 9.71 Å². The maximum Gasteiger partial charge on any atom is 0.271 e. The average molecular weight is 373 g/mol. The monoisotopic (exact) mass is 373 g/mol. The molecule has 0 saturated heterocycles. The van der Waals surface area contributed by atoms with Crippen molar-refractivity contribution in [1.29, 1.82) is 0 Å². The lowest BCUT2D eigenvalue weighted by atomic mass is 10.0. The topological polar surface area (TPSA) is 81.2 Å². The Hall–Kier alpha value is -3.67. The number of nitro groups is 1. The molecule has 28 heavy (non-hydrogen) atoms. The van der Waals surface area contributed by atoms with Gasteiger partial charge in [0.15, 0.2) is 5.82 Å². The summed E-state index contributed by atoms with van der Waals surface area (Å²) in [5.41, 5.74) is 4.06. The van der Waals surface area contributed by atoms with Crippen LogP contribution in [-0.2, 0) is 12.8 Å². The second kappa shape index (κ2) is 7.52. The summed E-state index contributed by atoms with van der Waals surface area (Å²) in [5, 5.41) is 21.4. The van der Waals surface area contributed by atoms with Gasteiger partial charge in [-0.1, -0.05) is 54.6 Å². The molecule has 6 heteroatoms. The zero-order chi connectivity index (χ0) is 19.5. The van der Waals surface area contributed by atoms with Crippen LogP contribution in [0.4, 0.5) is 5.69 Å². The first-order valence-electron chi connectivity index (χ1n) is 9.11. The third-order valence-electron chi connectivity index (χ3n) is 4.81. The Balaban J connectivity index is 1.50. The van der Waals surface area contributed by atoms with Crippen molar-refractivity contribution in [3.8, 4) is 11.4 Å². The van der Waals surface area contributed by atoms with Gasteiger partial charge in [0.1, 0.15) is 5.52 Å². The van der Waals surface area contributed by atoms with Crippen LogP contribution in [0, 0.1) is 10.1 Å². The van der Waals surface area contributed by atoms with Gasteiger partial charge in [0.25, 0.3) is 5.69 Å². The highest BCUT2D eigenvalue weighted by molar-refractivity contribution is 5.82. The molecule has 0 atom stereocenters. The molecular formula is C22H19N3O3. The number of fused-ring (bicyclic) bond motifs is 1. The van der Waals surface area contributed by atoms with Gasteiger partial charge in [0.2, 0.25) is 0 Å². The first-order chi connectivity index (χ1) is 13.6. The molecule has 0 saturated carbocycles. The van der Waals surface area contributed by atoms with Crippen LogP contribution in [-0.4, -0.2) is 19.8 Å². The van der Waals surface area contributed by atoms with E-state index in [-0.39, 0.29) is 5.69 Å². The van der Waals surface area contributed by atoms with E-state index < -0.39 is 4.92 Å². The fourth-order valence-corrected chi connectivity index (χ4v) is 3.31. The van der Waals surface area contributed by atoms with Gasteiger partial charge in [-0.15, -0.1) is 0 Å². The molecule has 0 bridgehead atoms. The van der Waals surface area contributed by atoms with Crippen molar-refractivity contribution in [3.05, 3.63) is 94.0 Å². The summed E-state index contributed by atoms with van der Waals surface area (Å²) >= 11 is 0. The Morgan fingerprint density at radius 3 is 2.29 bits per heavy atom. The Bertz CT molecular complexity index is 1120. The number of nitrogens with zero attached hydrogens (tertiary/aromatic N) is 3. The highest BCUT2D eigenvalue weighted by Crippen LogP contribution is 2.26. The first kappa shape index (κ1) is 17.7. The lowest BCUT2D eigenvalue weighted by Gasteiger charge is -2.05. The molecule has 0 aliphatic rings. The van der Waals surface area contributed by atoms with Crippen LogP contribution in [0.15, 0.2) is 72.8 Å². The van der Waals surface area contributed by atoms with E-state index in [1.807, 2.05) is 30.3 Å². The fraction of sp³-hybridized carbons (Fsp3) is 0.136. The summed E-state index contributed by atoms with van der Waals surface area (Å²) in [7, 11) is 0. The number of rotatable bonds is 6. The number of non-ortho nitro benzene ring substituents is 1. The van der Waals surface area contributed by atoms with E-state index in [1.54, 1.807) is 6.07 Å². The van der Waals surface area contributed by atoms with Crippen LogP contribution in [0.3, 0.4) is 0 Å². The van der Waals surface area contributed by atoms with Gasteiger partial charge in [-0.3, -0.25) is 10.1 Å². The van der Waals surface area contributed by atoms with E-state index in [0.29, 0.717) is 16.9 Å². The molecule has 1 N–H and O–H groups in total. The molecule has 0 aliphatic heterocycles. The van der Waals surface area contributed by atoms with Gasteiger partial charge in [0, 0.05) is 17.7 Å². The lowest BCUT2D eigenvalue weighted by molar-refractivity contribution is -0.384. The van der Waals surface area contributed by atoms with Crippen molar-refractivity contribution in [2.45, 2.75) is 19.3 Å². The average Bonchev–Trinajstić information content (AvgIpc) is 3.05. The van der Waals surface area contributed by atoms with Crippen molar-refractivity contribution >= 4 is 16.7 Å². The molecule has 0 fully saturated rings. The summed E-state index contributed by atoms with van der Waals surface area (Å²) in [4.78, 5) is 14.9. The molecule has 0 amide bonds. The Morgan fingerprint density at radius 2 is 1.61 bits per heavy atom. The summed E-state index contributed by atoms with van der Waals surface area (Å²) in [5.74, 6) is 0.367. The Morgan fingerprint density at radius 1 is 0.929 bits per heavy atom. The van der Waals surface area contributed by atoms with E-state index in [9.17, 15) is 15.3 Å². The fourth-order valence-electron chi connectivity index (χ4n) is 3.31. The predicted octanol–water partition coefficient (Wildman–Crippen LogP) is 5.02. The summed E-state index contributed by atoms with van der Waals surface area (Å²) in [6, 6.07) is 22.6. The van der Waals surface area contributed by atoms with Gasteiger partial charge >= 0.3 is 0 Å². The summed E-state index contributed by atoms with van der Waals surface area (Å²) in [6.45, 7) is 0. The normalized spacial score (nSPS) is 11.0. The van der Waals surface area contributed by atoms with Crippen molar-refractivity contribution in [2.75, 3.05) is 0 Å². The first-order valence-corrected chi connectivity index (χ1v) is 9.11. The molecule has 0 aliphatic carbocycles. The predicted molar refractivity (Wildman–Crippen MR) is 107 cm³/mol. The maximum atomic E-state index is 10.9. The molecule has 4 aromatic rings. The quantitative estimate of drug-likeness (QED) is 0.292. The second-order valence-corrected chi connectivity index (χ2v) is 6.71. The van der Waals surface area contributed by atoms with Gasteiger partial charge in [-0.25, -0.2) is 4.98 Å². The SMILES string of the molecule is O=[N+]([O-])c1ccc2nc(-c3ccc(CCCc4ccccc4)cc3)n(O)c2c1. The standard InChI is InChI=1S/C22H19N3O3/c26-24-21-15-19(25(27)28)13-14-20(21)23-22(24)18-11-9-17(10-12-18)8-4-7-16-5-2-1-3-6-16/h1-3,5-6,9-15,26H,4,7-8H2. The van der Waals surface area contributed by atoms with Crippen LogP contribution in [0.1, 0.15) is 17.5 Å². The number of aromatic nitrogens is 2. The molecule has 3 aromatic carbocycles. The molecule has 1 aromatic heterocycles. The van der Waals surface area contributed by atoms with Crippen LogP contribution >= 0.6 is 0 Å². The van der Waals surface area contributed by atoms with Crippen molar-refractivity contribution in [2.24, 2.45) is 0 Å². The molecule has 0 spiro atoms. The van der Waals surface area contributed by atoms with Crippen LogP contribution in [0.5, 0.6) is 0 Å². The van der Waals surface area contributed by atoms with E-state index in [1.165, 1.54) is 23.3 Å². The lowest BCUT2D eigenvalue weighted by Crippen LogP contribution is -1.95. The zero-order valence-corrected chi connectivity index (χ0v) is 15.2. The molecule has 0 unspecified atom stereocenters. The van der Waals surface area contributed by atoms with E-state index in [0.717, 1.165) is 29.6 Å². The molecule has 4 rings (SSSR count). The second-order valence-electron chi connectivity index (χ2n) is 6.71. The minimum atomic E-state index is -0.490. The number of imidazole rings is 1. The molecule has 140 valence electrons. The van der Waals surface area contributed by atoms with Crippen LogP contribution in [0.2, 0.25) is 0 Å². The molecular weight excluding hydrogens is 354 g/mol. The smallest absolute Gasteiger partial charge is 0.271 e. The van der Waals surface area contributed by atoms with E-state index in [2.05, 4.69) is 29.2 Å². The highest BCUT2D eigenvalue weighted by Gasteiger charge is 2.15.